The van der Waals surface area contributed by atoms with E-state index in [2.05, 4.69) is 5.32 Å². The van der Waals surface area contributed by atoms with E-state index in [1.54, 1.807) is 4.31 Å². The zero-order valence-corrected chi connectivity index (χ0v) is 12.1. The van der Waals surface area contributed by atoms with Gasteiger partial charge in [-0.2, -0.15) is 4.31 Å². The predicted octanol–water partition coefficient (Wildman–Crippen LogP) is 0.567. The molecule has 1 heterocycles. The van der Waals surface area contributed by atoms with Gasteiger partial charge in [0.1, 0.15) is 0 Å². The second-order valence-corrected chi connectivity index (χ2v) is 7.48. The van der Waals surface area contributed by atoms with Gasteiger partial charge < -0.3 is 10.1 Å². The third-order valence-corrected chi connectivity index (χ3v) is 5.59. The molecular formula is C12H24N2O3S. The van der Waals surface area contributed by atoms with Crippen LogP contribution >= 0.6 is 0 Å². The van der Waals surface area contributed by atoms with Crippen LogP contribution in [0.2, 0.25) is 0 Å². The summed E-state index contributed by atoms with van der Waals surface area (Å²) in [7, 11) is -3.14. The molecule has 1 aliphatic heterocycles. The summed E-state index contributed by atoms with van der Waals surface area (Å²) in [4.78, 5) is 0. The van der Waals surface area contributed by atoms with Gasteiger partial charge in [0.05, 0.1) is 24.5 Å². The second-order valence-electron chi connectivity index (χ2n) is 5.44. The molecule has 18 heavy (non-hydrogen) atoms. The number of hydrogen-bond donors (Lipinski definition) is 1. The molecule has 2 rings (SSSR count). The number of nitrogens with zero attached hydrogens (tertiary/aromatic N) is 1. The molecule has 1 N–H and O–H groups in total. The Morgan fingerprint density at radius 2 is 2.17 bits per heavy atom. The van der Waals surface area contributed by atoms with E-state index in [4.69, 9.17) is 4.74 Å². The van der Waals surface area contributed by atoms with Crippen LogP contribution < -0.4 is 5.32 Å². The molecule has 0 bridgehead atoms. The number of hydrogen-bond acceptors (Lipinski definition) is 4. The quantitative estimate of drug-likeness (QED) is 0.797. The third kappa shape index (κ3) is 3.23. The van der Waals surface area contributed by atoms with Crippen LogP contribution in [0, 0.1) is 0 Å². The molecule has 2 aliphatic rings. The smallest absolute Gasteiger partial charge is 0.215 e. The number of morpholine rings is 1. The highest BCUT2D eigenvalue weighted by Gasteiger charge is 2.41. The van der Waals surface area contributed by atoms with Crippen LogP contribution in [-0.2, 0) is 14.8 Å². The third-order valence-electron chi connectivity index (χ3n) is 3.70. The Morgan fingerprint density at radius 1 is 1.39 bits per heavy atom. The molecule has 2 unspecified atom stereocenters. The van der Waals surface area contributed by atoms with E-state index >= 15 is 0 Å². The van der Waals surface area contributed by atoms with Crippen molar-refractivity contribution in [2.75, 3.05) is 25.4 Å². The highest BCUT2D eigenvalue weighted by Crippen LogP contribution is 2.31. The minimum atomic E-state index is -3.14. The molecule has 106 valence electrons. The maximum absolute atomic E-state index is 12.3. The van der Waals surface area contributed by atoms with Crippen LogP contribution in [0.1, 0.15) is 33.1 Å². The first kappa shape index (κ1) is 14.2. The topological polar surface area (TPSA) is 58.6 Å². The summed E-state index contributed by atoms with van der Waals surface area (Å²) >= 11 is 0. The zero-order chi connectivity index (χ0) is 13.2. The maximum Gasteiger partial charge on any atom is 0.215 e. The van der Waals surface area contributed by atoms with Crippen molar-refractivity contribution in [3.05, 3.63) is 0 Å². The minimum Gasteiger partial charge on any atom is -0.375 e. The highest BCUT2D eigenvalue weighted by molar-refractivity contribution is 7.89. The van der Waals surface area contributed by atoms with E-state index in [1.165, 1.54) is 0 Å². The van der Waals surface area contributed by atoms with Gasteiger partial charge in [0.15, 0.2) is 0 Å². The van der Waals surface area contributed by atoms with Crippen LogP contribution in [0.3, 0.4) is 0 Å². The molecular weight excluding hydrogens is 252 g/mol. The SMILES string of the molecule is CC(C)NCCS(=O)(=O)N1CCOC2CCCC21. The number of fused-ring (bicyclic) bond motifs is 1. The average molecular weight is 276 g/mol. The van der Waals surface area contributed by atoms with E-state index in [-0.39, 0.29) is 17.9 Å². The molecule has 6 heteroatoms. The Labute approximate surface area is 110 Å². The molecule has 0 aromatic rings. The predicted molar refractivity (Wildman–Crippen MR) is 71.0 cm³/mol. The highest BCUT2D eigenvalue weighted by atomic mass is 32.2. The first-order chi connectivity index (χ1) is 8.50. The fourth-order valence-electron chi connectivity index (χ4n) is 2.83. The lowest BCUT2D eigenvalue weighted by Crippen LogP contribution is -2.52. The maximum atomic E-state index is 12.3. The van der Waals surface area contributed by atoms with Gasteiger partial charge in [-0.05, 0) is 19.3 Å². The molecule has 0 aromatic carbocycles. The molecule has 0 radical (unpaired) electrons. The normalized spacial score (nSPS) is 29.7. The summed E-state index contributed by atoms with van der Waals surface area (Å²) in [5.74, 6) is 0.189. The first-order valence-corrected chi connectivity index (χ1v) is 8.46. The number of ether oxygens (including phenoxy) is 1. The van der Waals surface area contributed by atoms with E-state index in [0.717, 1.165) is 19.3 Å². The fourth-order valence-corrected chi connectivity index (χ4v) is 4.45. The first-order valence-electron chi connectivity index (χ1n) is 6.85. The van der Waals surface area contributed by atoms with Crippen molar-refractivity contribution >= 4 is 10.0 Å². The van der Waals surface area contributed by atoms with Gasteiger partial charge in [-0.1, -0.05) is 13.8 Å². The zero-order valence-electron chi connectivity index (χ0n) is 11.3. The molecule has 0 amide bonds. The summed E-state index contributed by atoms with van der Waals surface area (Å²) in [6.07, 6.45) is 3.15. The fraction of sp³-hybridized carbons (Fsp3) is 1.00. The second kappa shape index (κ2) is 5.86. The Kier molecular flexibility index (Phi) is 4.64. The molecule has 1 aliphatic carbocycles. The summed E-state index contributed by atoms with van der Waals surface area (Å²) in [5.41, 5.74) is 0. The van der Waals surface area contributed by atoms with Crippen LogP contribution in [0.25, 0.3) is 0 Å². The van der Waals surface area contributed by atoms with Crippen molar-refractivity contribution in [3.63, 3.8) is 0 Å². The van der Waals surface area contributed by atoms with Crippen molar-refractivity contribution in [1.82, 2.24) is 9.62 Å². The summed E-state index contributed by atoms with van der Waals surface area (Å²) in [6, 6.07) is 0.409. The van der Waals surface area contributed by atoms with Gasteiger partial charge in [0.25, 0.3) is 0 Å². The van der Waals surface area contributed by atoms with Crippen LogP contribution in [0.5, 0.6) is 0 Å². The summed E-state index contributed by atoms with van der Waals surface area (Å²) < 4.78 is 32.0. The average Bonchev–Trinajstić information content (AvgIpc) is 2.75. The monoisotopic (exact) mass is 276 g/mol. The van der Waals surface area contributed by atoms with Crippen molar-refractivity contribution in [2.45, 2.75) is 51.3 Å². The standard InChI is InChI=1S/C12H24N2O3S/c1-10(2)13-6-9-18(15,16)14-7-8-17-12-5-3-4-11(12)14/h10-13H,3-9H2,1-2H3. The number of sulfonamides is 1. The van der Waals surface area contributed by atoms with Crippen molar-refractivity contribution in [3.8, 4) is 0 Å². The Bertz CT molecular complexity index is 370. The Morgan fingerprint density at radius 3 is 2.89 bits per heavy atom. The molecule has 0 aromatic heterocycles. The van der Waals surface area contributed by atoms with E-state index in [0.29, 0.717) is 25.7 Å². The summed E-state index contributed by atoms with van der Waals surface area (Å²) in [6.45, 7) is 5.63. The van der Waals surface area contributed by atoms with E-state index in [1.807, 2.05) is 13.8 Å². The van der Waals surface area contributed by atoms with E-state index in [9.17, 15) is 8.42 Å². The lowest BCUT2D eigenvalue weighted by atomic mass is 10.2. The van der Waals surface area contributed by atoms with Crippen molar-refractivity contribution in [1.29, 1.82) is 0 Å². The Balaban J connectivity index is 1.95. The van der Waals surface area contributed by atoms with Gasteiger partial charge in [0, 0.05) is 19.1 Å². The van der Waals surface area contributed by atoms with Crippen molar-refractivity contribution in [2.24, 2.45) is 0 Å². The molecule has 2 fully saturated rings. The van der Waals surface area contributed by atoms with Crippen LogP contribution in [0.4, 0.5) is 0 Å². The van der Waals surface area contributed by atoms with Crippen molar-refractivity contribution < 1.29 is 13.2 Å². The van der Waals surface area contributed by atoms with Crippen LogP contribution in [-0.4, -0.2) is 56.4 Å². The molecule has 1 saturated carbocycles. The minimum absolute atomic E-state index is 0.0859. The van der Waals surface area contributed by atoms with Gasteiger partial charge in [0.2, 0.25) is 10.0 Å². The molecule has 0 spiro atoms. The van der Waals surface area contributed by atoms with Gasteiger partial charge >= 0.3 is 0 Å². The van der Waals surface area contributed by atoms with Gasteiger partial charge in [-0.25, -0.2) is 8.42 Å². The largest absolute Gasteiger partial charge is 0.375 e. The molecule has 1 saturated heterocycles. The molecule has 5 nitrogen and oxygen atoms in total. The Hall–Kier alpha value is -0.170. The lowest BCUT2D eigenvalue weighted by Gasteiger charge is -2.36. The number of rotatable bonds is 5. The number of nitrogens with one attached hydrogen (secondary N) is 1. The van der Waals surface area contributed by atoms with Gasteiger partial charge in [-0.3, -0.25) is 0 Å². The van der Waals surface area contributed by atoms with Gasteiger partial charge in [-0.15, -0.1) is 0 Å². The molecule has 2 atom stereocenters. The summed E-state index contributed by atoms with van der Waals surface area (Å²) in [5, 5.41) is 3.16. The van der Waals surface area contributed by atoms with E-state index < -0.39 is 10.0 Å². The lowest BCUT2D eigenvalue weighted by molar-refractivity contribution is -0.0241. The van der Waals surface area contributed by atoms with Crippen LogP contribution in [0.15, 0.2) is 0 Å².